The Morgan fingerprint density at radius 3 is 2.79 bits per heavy atom. The summed E-state index contributed by atoms with van der Waals surface area (Å²) in [5.41, 5.74) is 2.41. The number of fused-ring (bicyclic) bond motifs is 2. The van der Waals surface area contributed by atoms with Gasteiger partial charge in [0.15, 0.2) is 5.76 Å². The first-order valence-corrected chi connectivity index (χ1v) is 12.6. The quantitative estimate of drug-likeness (QED) is 0.360. The Morgan fingerprint density at radius 1 is 1.21 bits per heavy atom. The highest BCUT2D eigenvalue weighted by atomic mass is 16.5. The smallest absolute Gasteiger partial charge is 0.305 e. The van der Waals surface area contributed by atoms with Gasteiger partial charge in [0.25, 0.3) is 0 Å². The number of carbonyl (C=O) groups is 1. The normalized spacial score (nSPS) is 20.5. The van der Waals surface area contributed by atoms with E-state index in [-0.39, 0.29) is 25.4 Å². The number of nitrogens with zero attached hydrogens (tertiary/aromatic N) is 2. The molecule has 1 atom stereocenters. The molecular formula is C31H28N2O6. The van der Waals surface area contributed by atoms with Crippen molar-refractivity contribution in [2.45, 2.75) is 37.3 Å². The lowest BCUT2D eigenvalue weighted by atomic mass is 9.85. The lowest BCUT2D eigenvalue weighted by molar-refractivity contribution is -0.138. The largest absolute Gasteiger partial charge is 0.481 e. The maximum absolute atomic E-state index is 10.9. The van der Waals surface area contributed by atoms with Crippen molar-refractivity contribution in [3.05, 3.63) is 108 Å². The Labute approximate surface area is 226 Å². The molecule has 1 unspecified atom stereocenters. The van der Waals surface area contributed by atoms with Crippen LogP contribution in [0.15, 0.2) is 90.7 Å². The Bertz CT molecular complexity index is 1490. The van der Waals surface area contributed by atoms with Crippen LogP contribution >= 0.6 is 0 Å². The summed E-state index contributed by atoms with van der Waals surface area (Å²) in [5, 5.41) is 19.3. The molecule has 3 aromatic rings. The molecule has 8 heteroatoms. The lowest BCUT2D eigenvalue weighted by Crippen LogP contribution is -2.39. The van der Waals surface area contributed by atoms with Crippen LogP contribution in [0.5, 0.6) is 5.75 Å². The van der Waals surface area contributed by atoms with Crippen LogP contribution in [0.4, 0.5) is 0 Å². The minimum atomic E-state index is -1.02. The molecule has 0 radical (unpaired) electrons. The molecule has 8 nitrogen and oxygen atoms in total. The summed E-state index contributed by atoms with van der Waals surface area (Å²) in [4.78, 5) is 15.6. The molecule has 5 rings (SSSR count). The monoisotopic (exact) mass is 524 g/mol. The van der Waals surface area contributed by atoms with Crippen molar-refractivity contribution in [2.75, 3.05) is 13.7 Å². The van der Waals surface area contributed by atoms with Gasteiger partial charge in [-0.1, -0.05) is 48.6 Å². The van der Waals surface area contributed by atoms with E-state index in [0.717, 1.165) is 27.7 Å². The number of hydrogen-bond donors (Lipinski definition) is 1. The minimum absolute atomic E-state index is 0.0809. The minimum Gasteiger partial charge on any atom is -0.481 e. The second kappa shape index (κ2) is 11.6. The molecule has 2 aliphatic rings. The van der Waals surface area contributed by atoms with Gasteiger partial charge in [0, 0.05) is 12.5 Å². The van der Waals surface area contributed by atoms with Crippen molar-refractivity contribution in [2.24, 2.45) is 0 Å². The summed E-state index contributed by atoms with van der Waals surface area (Å²) >= 11 is 0. The van der Waals surface area contributed by atoms with E-state index in [2.05, 4.69) is 6.07 Å². The molecule has 0 saturated heterocycles. The van der Waals surface area contributed by atoms with Gasteiger partial charge in [-0.3, -0.25) is 9.78 Å². The molecule has 0 saturated carbocycles. The van der Waals surface area contributed by atoms with Gasteiger partial charge in [-0.25, -0.2) is 0 Å². The molecule has 1 aromatic heterocycles. The average molecular weight is 525 g/mol. The lowest BCUT2D eigenvalue weighted by Gasteiger charge is -2.38. The zero-order valence-corrected chi connectivity index (χ0v) is 21.4. The highest BCUT2D eigenvalue weighted by molar-refractivity contribution is 5.78. The Balaban J connectivity index is 1.43. The number of pyridine rings is 1. The predicted octanol–water partition coefficient (Wildman–Crippen LogP) is 5.21. The third-order valence-corrected chi connectivity index (χ3v) is 6.72. The molecule has 2 aromatic carbocycles. The number of aromatic nitrogens is 1. The van der Waals surface area contributed by atoms with Gasteiger partial charge in [0.1, 0.15) is 23.5 Å². The van der Waals surface area contributed by atoms with Crippen molar-refractivity contribution in [1.82, 2.24) is 4.98 Å². The number of carboxylic acids is 1. The average Bonchev–Trinajstić information content (AvgIpc) is 2.97. The summed E-state index contributed by atoms with van der Waals surface area (Å²) in [7, 11) is 1.61. The van der Waals surface area contributed by atoms with Gasteiger partial charge < -0.3 is 24.1 Å². The van der Waals surface area contributed by atoms with Crippen LogP contribution in [-0.4, -0.2) is 41.5 Å². The van der Waals surface area contributed by atoms with E-state index < -0.39 is 23.8 Å². The van der Waals surface area contributed by atoms with E-state index in [1.165, 1.54) is 0 Å². The first kappa shape index (κ1) is 26.3. The second-order valence-electron chi connectivity index (χ2n) is 9.30. The molecule has 0 amide bonds. The summed E-state index contributed by atoms with van der Waals surface area (Å²) < 4.78 is 24.1. The van der Waals surface area contributed by atoms with Crippen molar-refractivity contribution >= 4 is 16.9 Å². The molecule has 39 heavy (non-hydrogen) atoms. The van der Waals surface area contributed by atoms with E-state index in [0.29, 0.717) is 12.2 Å². The topological polar surface area (TPSA) is 111 Å². The summed E-state index contributed by atoms with van der Waals surface area (Å²) in [6, 6.07) is 19.7. The van der Waals surface area contributed by atoms with Gasteiger partial charge in [-0.2, -0.15) is 5.26 Å². The zero-order chi connectivity index (χ0) is 27.2. The summed E-state index contributed by atoms with van der Waals surface area (Å²) in [6.07, 6.45) is 8.77. The summed E-state index contributed by atoms with van der Waals surface area (Å²) in [5.74, 6) is -0.0397. The summed E-state index contributed by atoms with van der Waals surface area (Å²) in [6.45, 7) is 0.306. The van der Waals surface area contributed by atoms with Crippen molar-refractivity contribution in [3.63, 3.8) is 0 Å². The van der Waals surface area contributed by atoms with Gasteiger partial charge in [-0.15, -0.1) is 0 Å². The van der Waals surface area contributed by atoms with Gasteiger partial charge in [-0.05, 0) is 54.0 Å². The van der Waals surface area contributed by atoms with Crippen LogP contribution < -0.4 is 4.74 Å². The first-order chi connectivity index (χ1) is 19.0. The number of ether oxygens (including phenoxy) is 4. The fraction of sp³-hybridized carbons (Fsp3) is 0.258. The fourth-order valence-corrected chi connectivity index (χ4v) is 4.75. The van der Waals surface area contributed by atoms with Crippen LogP contribution in [0, 0.1) is 11.3 Å². The number of benzene rings is 2. The van der Waals surface area contributed by atoms with Crippen LogP contribution in [-0.2, 0) is 32.0 Å². The number of nitriles is 1. The number of aliphatic carboxylic acids is 1. The number of para-hydroxylation sites is 1. The molecule has 1 aliphatic carbocycles. The first-order valence-electron chi connectivity index (χ1n) is 12.6. The SMILES string of the molecule is COC(c1ccc2c(c1)OC(C#N)=CC2)C1(OCc2ccc3ccccc3n2)C=CC(OCCC(=O)O)C=C1. The van der Waals surface area contributed by atoms with Crippen molar-refractivity contribution in [3.8, 4) is 11.8 Å². The van der Waals surface area contributed by atoms with E-state index in [4.69, 9.17) is 29.0 Å². The predicted molar refractivity (Wildman–Crippen MR) is 144 cm³/mol. The van der Waals surface area contributed by atoms with E-state index >= 15 is 0 Å². The van der Waals surface area contributed by atoms with Gasteiger partial charge in [0.2, 0.25) is 0 Å². The number of allylic oxidation sites excluding steroid dienone is 2. The van der Waals surface area contributed by atoms with E-state index in [1.54, 1.807) is 13.2 Å². The maximum Gasteiger partial charge on any atom is 0.305 e. The van der Waals surface area contributed by atoms with Gasteiger partial charge in [0.05, 0.1) is 36.9 Å². The molecule has 0 bridgehead atoms. The molecule has 1 aliphatic heterocycles. The number of rotatable bonds is 10. The molecular weight excluding hydrogens is 496 g/mol. The standard InChI is InChI=1S/C31H28N2O6/c1-36-30(23-7-6-22-9-11-26(19-32)39-28(22)18-23)31(15-12-25(13-16-31)37-17-14-29(34)35)38-20-24-10-8-21-4-2-3-5-27(21)33-24/h2-8,10-13,15-16,18,25,30H,9,14,17,20H2,1H3,(H,34,35). The zero-order valence-electron chi connectivity index (χ0n) is 21.4. The Hall–Kier alpha value is -4.29. The van der Waals surface area contributed by atoms with Crippen molar-refractivity contribution in [1.29, 1.82) is 5.26 Å². The molecule has 0 fully saturated rings. The molecule has 2 heterocycles. The number of carboxylic acid groups (broad SMARTS) is 1. The van der Waals surface area contributed by atoms with Crippen LogP contribution in [0.3, 0.4) is 0 Å². The van der Waals surface area contributed by atoms with Crippen molar-refractivity contribution < 1.29 is 28.8 Å². The maximum atomic E-state index is 10.9. The molecule has 1 N–H and O–H groups in total. The third-order valence-electron chi connectivity index (χ3n) is 6.72. The van der Waals surface area contributed by atoms with Crippen LogP contribution in [0.1, 0.15) is 29.3 Å². The molecule has 198 valence electrons. The highest BCUT2D eigenvalue weighted by Crippen LogP contribution is 2.40. The second-order valence-corrected chi connectivity index (χ2v) is 9.30. The van der Waals surface area contributed by atoms with Crippen LogP contribution in [0.2, 0.25) is 0 Å². The van der Waals surface area contributed by atoms with E-state index in [1.807, 2.05) is 78.9 Å². The third kappa shape index (κ3) is 5.91. The number of hydrogen-bond acceptors (Lipinski definition) is 7. The Morgan fingerprint density at radius 2 is 2.03 bits per heavy atom. The van der Waals surface area contributed by atoms with Crippen LogP contribution in [0.25, 0.3) is 10.9 Å². The fourth-order valence-electron chi connectivity index (χ4n) is 4.75. The number of methoxy groups -OCH3 is 1. The van der Waals surface area contributed by atoms with E-state index in [9.17, 15) is 10.1 Å². The molecule has 0 spiro atoms. The van der Waals surface area contributed by atoms with Gasteiger partial charge >= 0.3 is 5.97 Å². The Kier molecular flexibility index (Phi) is 7.84. The highest BCUT2D eigenvalue weighted by Gasteiger charge is 2.39.